The summed E-state index contributed by atoms with van der Waals surface area (Å²) < 4.78 is 6.22. The summed E-state index contributed by atoms with van der Waals surface area (Å²) in [6.07, 6.45) is 0.0517. The van der Waals surface area contributed by atoms with Crippen LogP contribution in [-0.4, -0.2) is 42.2 Å². The Balaban J connectivity index is 2.08. The molecular weight excluding hydrogens is 314 g/mol. The average molecular weight is 330 g/mol. The van der Waals surface area contributed by atoms with Gasteiger partial charge in [-0.15, -0.1) is 0 Å². The number of ether oxygens (including phenoxy) is 1. The molecule has 6 nitrogen and oxygen atoms in total. The Labute approximate surface area is 119 Å². The van der Waals surface area contributed by atoms with E-state index in [1.807, 2.05) is 6.07 Å². The lowest BCUT2D eigenvalue weighted by Gasteiger charge is -2.32. The molecule has 19 heavy (non-hydrogen) atoms. The fourth-order valence-corrected chi connectivity index (χ4v) is 2.68. The van der Waals surface area contributed by atoms with Crippen LogP contribution in [0.1, 0.15) is 5.56 Å². The van der Waals surface area contributed by atoms with Crippen molar-refractivity contribution in [3.63, 3.8) is 0 Å². The molecule has 1 heterocycles. The molecule has 1 saturated heterocycles. The molecule has 7 heteroatoms. The number of hydrogen-bond acceptors (Lipinski definition) is 5. The van der Waals surface area contributed by atoms with Gasteiger partial charge in [0.1, 0.15) is 0 Å². The maximum atomic E-state index is 10.8. The van der Waals surface area contributed by atoms with Crippen molar-refractivity contribution in [2.45, 2.75) is 12.6 Å². The van der Waals surface area contributed by atoms with E-state index in [2.05, 4.69) is 20.8 Å². The number of non-ortho nitro benzene ring substituents is 1. The molecule has 1 unspecified atom stereocenters. The Hall–Kier alpha value is -1.02. The van der Waals surface area contributed by atoms with Crippen LogP contribution in [0.3, 0.4) is 0 Å². The van der Waals surface area contributed by atoms with E-state index in [0.717, 1.165) is 23.1 Å². The van der Waals surface area contributed by atoms with Crippen molar-refractivity contribution in [1.29, 1.82) is 0 Å². The number of morpholine rings is 1. The van der Waals surface area contributed by atoms with Gasteiger partial charge in [0.2, 0.25) is 0 Å². The van der Waals surface area contributed by atoms with Crippen molar-refractivity contribution in [1.82, 2.24) is 4.90 Å². The fourth-order valence-electron chi connectivity index (χ4n) is 2.15. The molecule has 2 rings (SSSR count). The average Bonchev–Trinajstić information content (AvgIpc) is 2.38. The van der Waals surface area contributed by atoms with Crippen molar-refractivity contribution < 1.29 is 9.66 Å². The molecule has 0 radical (unpaired) electrons. The van der Waals surface area contributed by atoms with Crippen LogP contribution < -0.4 is 5.73 Å². The maximum absolute atomic E-state index is 10.8. The van der Waals surface area contributed by atoms with Gasteiger partial charge in [0.15, 0.2) is 0 Å². The second-order valence-electron chi connectivity index (χ2n) is 4.54. The quantitative estimate of drug-likeness (QED) is 0.669. The summed E-state index contributed by atoms with van der Waals surface area (Å²) in [5, 5.41) is 10.8. The molecule has 1 aromatic rings. The molecule has 0 spiro atoms. The topological polar surface area (TPSA) is 81.6 Å². The maximum Gasteiger partial charge on any atom is 0.270 e. The smallest absolute Gasteiger partial charge is 0.270 e. The number of nitro groups is 1. The first-order valence-electron chi connectivity index (χ1n) is 6.06. The van der Waals surface area contributed by atoms with Crippen molar-refractivity contribution in [2.75, 3.05) is 26.2 Å². The molecule has 0 saturated carbocycles. The number of benzene rings is 1. The van der Waals surface area contributed by atoms with Crippen molar-refractivity contribution >= 4 is 21.6 Å². The van der Waals surface area contributed by atoms with Crippen LogP contribution in [-0.2, 0) is 11.3 Å². The molecule has 1 aliphatic heterocycles. The minimum atomic E-state index is -0.379. The van der Waals surface area contributed by atoms with Crippen LogP contribution in [0, 0.1) is 10.1 Å². The van der Waals surface area contributed by atoms with Gasteiger partial charge in [0.05, 0.1) is 17.6 Å². The summed E-state index contributed by atoms with van der Waals surface area (Å²) in [5.41, 5.74) is 6.62. The van der Waals surface area contributed by atoms with E-state index < -0.39 is 0 Å². The zero-order chi connectivity index (χ0) is 13.8. The highest BCUT2D eigenvalue weighted by molar-refractivity contribution is 9.10. The lowest BCUT2D eigenvalue weighted by molar-refractivity contribution is -0.385. The molecule has 0 aliphatic carbocycles. The van der Waals surface area contributed by atoms with E-state index >= 15 is 0 Å². The van der Waals surface area contributed by atoms with Crippen molar-refractivity contribution in [2.24, 2.45) is 5.73 Å². The summed E-state index contributed by atoms with van der Waals surface area (Å²) in [5.74, 6) is 0. The lowest BCUT2D eigenvalue weighted by Crippen LogP contribution is -2.45. The molecule has 1 fully saturated rings. The Morgan fingerprint density at radius 2 is 2.32 bits per heavy atom. The van der Waals surface area contributed by atoms with E-state index in [9.17, 15) is 10.1 Å². The summed E-state index contributed by atoms with van der Waals surface area (Å²) in [7, 11) is 0. The van der Waals surface area contributed by atoms with Crippen LogP contribution in [0.5, 0.6) is 0 Å². The summed E-state index contributed by atoms with van der Waals surface area (Å²) in [6, 6.07) is 5.02. The van der Waals surface area contributed by atoms with Gasteiger partial charge >= 0.3 is 0 Å². The molecule has 1 aromatic carbocycles. The molecule has 104 valence electrons. The minimum Gasteiger partial charge on any atom is -0.374 e. The highest BCUT2D eigenvalue weighted by atomic mass is 79.9. The normalized spacial score (nSPS) is 20.4. The Morgan fingerprint density at radius 1 is 1.53 bits per heavy atom. The first-order chi connectivity index (χ1) is 9.08. The molecule has 0 amide bonds. The predicted octanol–water partition coefficient (Wildman–Crippen LogP) is 1.52. The molecule has 0 aromatic heterocycles. The number of rotatable bonds is 4. The van der Waals surface area contributed by atoms with Gasteiger partial charge < -0.3 is 10.5 Å². The second kappa shape index (κ2) is 6.42. The molecule has 1 atom stereocenters. The standard InChI is InChI=1S/C12H16BrN3O3/c13-10-3-9(4-11(5-10)16(17)18)7-15-1-2-19-12(6-14)8-15/h3-5,12H,1-2,6-8,14H2. The van der Waals surface area contributed by atoms with Gasteiger partial charge in [0.25, 0.3) is 5.69 Å². The summed E-state index contributed by atoms with van der Waals surface area (Å²) in [6.45, 7) is 3.39. The van der Waals surface area contributed by atoms with Crippen LogP contribution in [0.25, 0.3) is 0 Å². The molecule has 1 aliphatic rings. The third-order valence-corrected chi connectivity index (χ3v) is 3.50. The first kappa shape index (κ1) is 14.4. The zero-order valence-corrected chi connectivity index (χ0v) is 12.0. The Kier molecular flexibility index (Phi) is 4.87. The lowest BCUT2D eigenvalue weighted by atomic mass is 10.1. The highest BCUT2D eigenvalue weighted by Crippen LogP contribution is 2.22. The third kappa shape index (κ3) is 3.97. The van der Waals surface area contributed by atoms with Crippen molar-refractivity contribution in [3.8, 4) is 0 Å². The third-order valence-electron chi connectivity index (χ3n) is 3.05. The van der Waals surface area contributed by atoms with Gasteiger partial charge in [-0.1, -0.05) is 15.9 Å². The monoisotopic (exact) mass is 329 g/mol. The van der Waals surface area contributed by atoms with Crippen LogP contribution in [0.15, 0.2) is 22.7 Å². The van der Waals surface area contributed by atoms with E-state index in [1.54, 1.807) is 6.07 Å². The van der Waals surface area contributed by atoms with Crippen LogP contribution in [0.2, 0.25) is 0 Å². The van der Waals surface area contributed by atoms with E-state index in [4.69, 9.17) is 10.5 Å². The minimum absolute atomic E-state index is 0.0517. The SMILES string of the molecule is NCC1CN(Cc2cc(Br)cc([N+](=O)[O-])c2)CCO1. The van der Waals surface area contributed by atoms with E-state index in [0.29, 0.717) is 19.7 Å². The molecule has 2 N–H and O–H groups in total. The van der Waals surface area contributed by atoms with Crippen LogP contribution >= 0.6 is 15.9 Å². The highest BCUT2D eigenvalue weighted by Gasteiger charge is 2.20. The van der Waals surface area contributed by atoms with Crippen molar-refractivity contribution in [3.05, 3.63) is 38.3 Å². The second-order valence-corrected chi connectivity index (χ2v) is 5.45. The number of nitrogens with zero attached hydrogens (tertiary/aromatic N) is 2. The Bertz CT molecular complexity index is 470. The number of hydrogen-bond donors (Lipinski definition) is 1. The van der Waals surface area contributed by atoms with E-state index in [-0.39, 0.29) is 16.7 Å². The van der Waals surface area contributed by atoms with Gasteiger partial charge in [-0.2, -0.15) is 0 Å². The number of nitrogens with two attached hydrogens (primary N) is 1. The molecular formula is C12H16BrN3O3. The van der Waals surface area contributed by atoms with Gasteiger partial charge in [-0.25, -0.2) is 0 Å². The molecule has 0 bridgehead atoms. The first-order valence-corrected chi connectivity index (χ1v) is 6.85. The summed E-state index contributed by atoms with van der Waals surface area (Å²) in [4.78, 5) is 12.7. The largest absolute Gasteiger partial charge is 0.374 e. The van der Waals surface area contributed by atoms with Crippen LogP contribution in [0.4, 0.5) is 5.69 Å². The predicted molar refractivity (Wildman–Crippen MR) is 74.9 cm³/mol. The van der Waals surface area contributed by atoms with Gasteiger partial charge in [0, 0.05) is 42.8 Å². The van der Waals surface area contributed by atoms with Gasteiger partial charge in [-0.3, -0.25) is 15.0 Å². The summed E-state index contributed by atoms with van der Waals surface area (Å²) >= 11 is 3.30. The Morgan fingerprint density at radius 3 is 3.00 bits per heavy atom. The zero-order valence-electron chi connectivity index (χ0n) is 10.4. The number of halogens is 1. The van der Waals surface area contributed by atoms with E-state index in [1.165, 1.54) is 6.07 Å². The fraction of sp³-hybridized carbons (Fsp3) is 0.500. The number of nitro benzene ring substituents is 1. The van der Waals surface area contributed by atoms with Gasteiger partial charge in [-0.05, 0) is 11.6 Å².